The number of ether oxygens (including phenoxy) is 1. The number of halogens is 1. The number of nitrogens with two attached hydrogens (primary N) is 1. The molecule has 0 aliphatic rings. The number of aromatic amines is 1. The van der Waals surface area contributed by atoms with Crippen molar-refractivity contribution in [2.24, 2.45) is 0 Å². The smallest absolute Gasteiger partial charge is 0.277 e. The highest BCUT2D eigenvalue weighted by Crippen LogP contribution is 2.25. The Morgan fingerprint density at radius 2 is 2.04 bits per heavy atom. The monoisotopic (exact) mass is 352 g/mol. The van der Waals surface area contributed by atoms with E-state index in [1.807, 2.05) is 13.8 Å². The quantitative estimate of drug-likeness (QED) is 0.714. The van der Waals surface area contributed by atoms with Gasteiger partial charge in [0.2, 0.25) is 0 Å². The second-order valence-electron chi connectivity index (χ2n) is 4.97. The maximum atomic E-state index is 12.5. The molecular weight excluding hydrogens is 332 g/mol. The molecule has 0 saturated carbocycles. The van der Waals surface area contributed by atoms with Crippen LogP contribution >= 0.6 is 12.4 Å². The first-order valence-corrected chi connectivity index (χ1v) is 7.37. The van der Waals surface area contributed by atoms with Gasteiger partial charge in [0.1, 0.15) is 11.3 Å². The molecule has 0 aliphatic heterocycles. The first-order chi connectivity index (χ1) is 11.0. The van der Waals surface area contributed by atoms with Gasteiger partial charge in [0.05, 0.1) is 18.5 Å². The van der Waals surface area contributed by atoms with Crippen LogP contribution in [0.25, 0.3) is 0 Å². The second kappa shape index (κ2) is 8.35. The fraction of sp³-hybridized carbons (Fsp3) is 0.312. The molecule has 24 heavy (non-hydrogen) atoms. The lowest BCUT2D eigenvalue weighted by Crippen LogP contribution is -2.27. The number of rotatable bonds is 5. The predicted octanol–water partition coefficient (Wildman–Crippen LogP) is 2.16. The summed E-state index contributed by atoms with van der Waals surface area (Å²) >= 11 is 0. The minimum absolute atomic E-state index is 0. The number of aromatic nitrogens is 2. The molecule has 0 fully saturated rings. The van der Waals surface area contributed by atoms with E-state index < -0.39 is 11.5 Å². The SMILES string of the molecule is CCc1n[nH]c(=O)c(C(=O)Nc2ccc(OC)c(N)c2)c1CC.Cl. The number of carbonyl (C=O) groups excluding carboxylic acids is 1. The Morgan fingerprint density at radius 3 is 2.58 bits per heavy atom. The molecule has 7 nitrogen and oxygen atoms in total. The Bertz CT molecular complexity index is 789. The molecule has 1 heterocycles. The van der Waals surface area contributed by atoms with E-state index in [4.69, 9.17) is 10.5 Å². The fourth-order valence-electron chi connectivity index (χ4n) is 2.44. The van der Waals surface area contributed by atoms with E-state index in [2.05, 4.69) is 15.5 Å². The van der Waals surface area contributed by atoms with E-state index in [-0.39, 0.29) is 18.0 Å². The van der Waals surface area contributed by atoms with Gasteiger partial charge < -0.3 is 15.8 Å². The fourth-order valence-corrected chi connectivity index (χ4v) is 2.44. The molecule has 1 aromatic carbocycles. The van der Waals surface area contributed by atoms with Crippen LogP contribution in [0.3, 0.4) is 0 Å². The molecule has 1 amide bonds. The van der Waals surface area contributed by atoms with Crippen molar-refractivity contribution >= 4 is 29.7 Å². The number of hydrogen-bond donors (Lipinski definition) is 3. The zero-order chi connectivity index (χ0) is 17.0. The number of hydrogen-bond acceptors (Lipinski definition) is 5. The third-order valence-corrected chi connectivity index (χ3v) is 3.57. The zero-order valence-corrected chi connectivity index (χ0v) is 14.6. The molecule has 4 N–H and O–H groups in total. The molecular formula is C16H21ClN4O3. The van der Waals surface area contributed by atoms with Crippen LogP contribution in [0.1, 0.15) is 35.5 Å². The maximum Gasteiger partial charge on any atom is 0.277 e. The Balaban J connectivity index is 0.00000288. The van der Waals surface area contributed by atoms with Crippen molar-refractivity contribution < 1.29 is 9.53 Å². The molecule has 1 aromatic heterocycles. The highest BCUT2D eigenvalue weighted by atomic mass is 35.5. The van der Waals surface area contributed by atoms with Gasteiger partial charge in [-0.2, -0.15) is 5.10 Å². The van der Waals surface area contributed by atoms with Crippen molar-refractivity contribution in [3.8, 4) is 5.75 Å². The number of methoxy groups -OCH3 is 1. The maximum absolute atomic E-state index is 12.5. The standard InChI is InChI=1S/C16H20N4O3.ClH/c1-4-10-12(5-2)19-20-16(22)14(10)15(21)18-9-6-7-13(23-3)11(17)8-9;/h6-8H,4-5,17H2,1-3H3,(H,18,21)(H,20,22);1H. The van der Waals surface area contributed by atoms with E-state index in [1.54, 1.807) is 18.2 Å². The molecule has 0 spiro atoms. The number of anilines is 2. The number of carbonyl (C=O) groups is 1. The Morgan fingerprint density at radius 1 is 1.33 bits per heavy atom. The van der Waals surface area contributed by atoms with Crippen LogP contribution in [-0.4, -0.2) is 23.2 Å². The van der Waals surface area contributed by atoms with Gasteiger partial charge >= 0.3 is 0 Å². The molecule has 130 valence electrons. The van der Waals surface area contributed by atoms with Crippen LogP contribution < -0.4 is 21.3 Å². The van der Waals surface area contributed by atoms with Crippen molar-refractivity contribution in [1.82, 2.24) is 10.2 Å². The van der Waals surface area contributed by atoms with Gasteiger partial charge in [-0.25, -0.2) is 5.10 Å². The minimum Gasteiger partial charge on any atom is -0.495 e. The van der Waals surface area contributed by atoms with Gasteiger partial charge in [0.15, 0.2) is 0 Å². The van der Waals surface area contributed by atoms with Gasteiger partial charge in [-0.05, 0) is 36.6 Å². The number of nitrogens with zero attached hydrogens (tertiary/aromatic N) is 1. The van der Waals surface area contributed by atoms with E-state index in [0.717, 1.165) is 0 Å². The summed E-state index contributed by atoms with van der Waals surface area (Å²) in [6.45, 7) is 3.81. The van der Waals surface area contributed by atoms with Crippen LogP contribution in [0.5, 0.6) is 5.75 Å². The summed E-state index contributed by atoms with van der Waals surface area (Å²) in [6.07, 6.45) is 1.18. The van der Waals surface area contributed by atoms with E-state index in [9.17, 15) is 9.59 Å². The summed E-state index contributed by atoms with van der Waals surface area (Å²) < 4.78 is 5.07. The Labute approximate surface area is 146 Å². The van der Waals surface area contributed by atoms with E-state index >= 15 is 0 Å². The average molecular weight is 353 g/mol. The number of H-pyrrole nitrogens is 1. The van der Waals surface area contributed by atoms with Crippen molar-refractivity contribution in [3.63, 3.8) is 0 Å². The lowest BCUT2D eigenvalue weighted by molar-refractivity contribution is 0.102. The first-order valence-electron chi connectivity index (χ1n) is 7.37. The van der Waals surface area contributed by atoms with Crippen molar-refractivity contribution in [2.45, 2.75) is 26.7 Å². The predicted molar refractivity (Wildman–Crippen MR) is 96.2 cm³/mol. The van der Waals surface area contributed by atoms with Gasteiger partial charge in [0.25, 0.3) is 11.5 Å². The van der Waals surface area contributed by atoms with E-state index in [1.165, 1.54) is 7.11 Å². The van der Waals surface area contributed by atoms with Gasteiger partial charge in [-0.3, -0.25) is 9.59 Å². The molecule has 0 unspecified atom stereocenters. The Hall–Kier alpha value is -2.54. The van der Waals surface area contributed by atoms with Crippen LogP contribution in [-0.2, 0) is 12.8 Å². The molecule has 8 heteroatoms. The molecule has 0 saturated heterocycles. The molecule has 2 aromatic rings. The van der Waals surface area contributed by atoms with Gasteiger partial charge in [-0.1, -0.05) is 13.8 Å². The lowest BCUT2D eigenvalue weighted by Gasteiger charge is -2.12. The minimum atomic E-state index is -0.502. The summed E-state index contributed by atoms with van der Waals surface area (Å²) in [6, 6.07) is 4.90. The second-order valence-corrected chi connectivity index (χ2v) is 4.97. The largest absolute Gasteiger partial charge is 0.495 e. The topological polar surface area (TPSA) is 110 Å². The lowest BCUT2D eigenvalue weighted by atomic mass is 10.0. The third-order valence-electron chi connectivity index (χ3n) is 3.57. The summed E-state index contributed by atoms with van der Waals surface area (Å²) in [5, 5.41) is 9.07. The van der Waals surface area contributed by atoms with Crippen molar-refractivity contribution in [1.29, 1.82) is 0 Å². The molecule has 0 aliphatic carbocycles. The summed E-state index contributed by atoms with van der Waals surface area (Å²) in [5.74, 6) is 0.0389. The number of nitrogens with one attached hydrogen (secondary N) is 2. The van der Waals surface area contributed by atoms with Crippen molar-refractivity contribution in [3.05, 3.63) is 45.4 Å². The van der Waals surface area contributed by atoms with Gasteiger partial charge in [-0.15, -0.1) is 12.4 Å². The molecule has 0 atom stereocenters. The third kappa shape index (κ3) is 3.86. The van der Waals surface area contributed by atoms with Gasteiger partial charge in [0, 0.05) is 5.69 Å². The summed E-state index contributed by atoms with van der Waals surface area (Å²) in [4.78, 5) is 24.6. The highest BCUT2D eigenvalue weighted by molar-refractivity contribution is 6.05. The highest BCUT2D eigenvalue weighted by Gasteiger charge is 2.19. The normalized spacial score (nSPS) is 9.96. The summed E-state index contributed by atoms with van der Waals surface area (Å²) in [5.41, 5.74) is 7.68. The molecule has 0 radical (unpaired) electrons. The van der Waals surface area contributed by atoms with Crippen LogP contribution in [0.2, 0.25) is 0 Å². The number of amides is 1. The van der Waals surface area contributed by atoms with Crippen LogP contribution in [0, 0.1) is 0 Å². The van der Waals surface area contributed by atoms with E-state index in [0.29, 0.717) is 41.2 Å². The molecule has 2 rings (SSSR count). The number of benzene rings is 1. The number of aryl methyl sites for hydroxylation is 1. The van der Waals surface area contributed by atoms with Crippen LogP contribution in [0.4, 0.5) is 11.4 Å². The average Bonchev–Trinajstić information content (AvgIpc) is 2.54. The molecule has 0 bridgehead atoms. The van der Waals surface area contributed by atoms with Crippen molar-refractivity contribution in [2.75, 3.05) is 18.2 Å². The first kappa shape index (κ1) is 19.5. The van der Waals surface area contributed by atoms with Crippen LogP contribution in [0.15, 0.2) is 23.0 Å². The Kier molecular flexibility index (Phi) is 6.79. The number of nitrogen functional groups attached to an aromatic ring is 1. The zero-order valence-electron chi connectivity index (χ0n) is 13.8. The summed E-state index contributed by atoms with van der Waals surface area (Å²) in [7, 11) is 1.51.